The van der Waals surface area contributed by atoms with Gasteiger partial charge >= 0.3 is 0 Å². The number of hydrogen-bond donors (Lipinski definition) is 1. The molecule has 2 rings (SSSR count). The van der Waals surface area contributed by atoms with Crippen molar-refractivity contribution >= 4 is 24.2 Å². The van der Waals surface area contributed by atoms with E-state index >= 15 is 0 Å². The van der Waals surface area contributed by atoms with Crippen LogP contribution in [0.25, 0.3) is 0 Å². The number of carbonyl (C=O) groups is 2. The second kappa shape index (κ2) is 8.39. The summed E-state index contributed by atoms with van der Waals surface area (Å²) in [5.41, 5.74) is 0. The summed E-state index contributed by atoms with van der Waals surface area (Å²) >= 11 is 0. The van der Waals surface area contributed by atoms with Crippen molar-refractivity contribution in [2.45, 2.75) is 32.2 Å². The normalized spacial score (nSPS) is 23.7. The van der Waals surface area contributed by atoms with Gasteiger partial charge in [-0.25, -0.2) is 0 Å². The van der Waals surface area contributed by atoms with Crippen LogP contribution in [0.1, 0.15) is 26.2 Å². The number of rotatable bonds is 4. The Kier molecular flexibility index (Phi) is 7.18. The van der Waals surface area contributed by atoms with Gasteiger partial charge in [-0.1, -0.05) is 13.0 Å². The number of halogens is 1. The second-order valence-corrected chi connectivity index (χ2v) is 5.85. The monoisotopic (exact) mass is 315 g/mol. The van der Waals surface area contributed by atoms with Crippen LogP contribution >= 0.6 is 12.4 Å². The van der Waals surface area contributed by atoms with Crippen LogP contribution in [0.15, 0.2) is 12.7 Å². The number of likely N-dealkylation sites (tertiary alicyclic amines) is 1. The van der Waals surface area contributed by atoms with Crippen molar-refractivity contribution in [3.63, 3.8) is 0 Å². The molecule has 2 heterocycles. The molecule has 2 amide bonds. The summed E-state index contributed by atoms with van der Waals surface area (Å²) < 4.78 is 0. The van der Waals surface area contributed by atoms with Crippen LogP contribution in [0.2, 0.25) is 0 Å². The summed E-state index contributed by atoms with van der Waals surface area (Å²) in [5.74, 6) is 0.828. The highest BCUT2D eigenvalue weighted by Gasteiger charge is 2.31. The van der Waals surface area contributed by atoms with Gasteiger partial charge in [0.05, 0.1) is 12.5 Å². The van der Waals surface area contributed by atoms with Crippen molar-refractivity contribution in [1.82, 2.24) is 15.1 Å². The van der Waals surface area contributed by atoms with Crippen LogP contribution in [-0.4, -0.2) is 60.4 Å². The van der Waals surface area contributed by atoms with Crippen molar-refractivity contribution in [2.24, 2.45) is 5.92 Å². The molecule has 1 atom stereocenters. The second-order valence-electron chi connectivity index (χ2n) is 5.85. The third-order valence-electron chi connectivity index (χ3n) is 4.25. The van der Waals surface area contributed by atoms with Gasteiger partial charge in [0.25, 0.3) is 0 Å². The molecule has 0 bridgehead atoms. The van der Waals surface area contributed by atoms with Crippen LogP contribution in [0, 0.1) is 5.92 Å². The highest BCUT2D eigenvalue weighted by molar-refractivity contribution is 5.89. The molecule has 0 aromatic heterocycles. The first-order valence-electron chi connectivity index (χ1n) is 7.52. The third kappa shape index (κ3) is 4.71. The van der Waals surface area contributed by atoms with Crippen molar-refractivity contribution in [3.05, 3.63) is 12.7 Å². The van der Waals surface area contributed by atoms with E-state index in [0.29, 0.717) is 19.0 Å². The molecule has 120 valence electrons. The van der Waals surface area contributed by atoms with E-state index in [9.17, 15) is 9.59 Å². The Labute approximate surface area is 133 Å². The maximum absolute atomic E-state index is 12.3. The lowest BCUT2D eigenvalue weighted by Gasteiger charge is -2.35. The maximum Gasteiger partial charge on any atom is 0.240 e. The van der Waals surface area contributed by atoms with E-state index in [-0.39, 0.29) is 36.7 Å². The van der Waals surface area contributed by atoms with Crippen molar-refractivity contribution in [1.29, 1.82) is 0 Å². The molecule has 5 nitrogen and oxygen atoms in total. The minimum absolute atomic E-state index is 0. The highest BCUT2D eigenvalue weighted by atomic mass is 35.5. The highest BCUT2D eigenvalue weighted by Crippen LogP contribution is 2.17. The van der Waals surface area contributed by atoms with Gasteiger partial charge < -0.3 is 15.1 Å². The molecular formula is C15H26ClN3O2. The van der Waals surface area contributed by atoms with Crippen LogP contribution < -0.4 is 5.32 Å². The Morgan fingerprint density at radius 3 is 2.67 bits per heavy atom. The lowest BCUT2D eigenvalue weighted by Crippen LogP contribution is -2.56. The average molecular weight is 316 g/mol. The van der Waals surface area contributed by atoms with Gasteiger partial charge in [-0.05, 0) is 18.8 Å². The fourth-order valence-electron chi connectivity index (χ4n) is 2.85. The Hall–Kier alpha value is -1.07. The van der Waals surface area contributed by atoms with Gasteiger partial charge in [0, 0.05) is 32.7 Å². The molecule has 0 aromatic carbocycles. The minimum Gasteiger partial charge on any atom is -0.343 e. The molecule has 1 N–H and O–H groups in total. The summed E-state index contributed by atoms with van der Waals surface area (Å²) in [5, 5.41) is 3.16. The smallest absolute Gasteiger partial charge is 0.240 e. The van der Waals surface area contributed by atoms with Gasteiger partial charge in [-0.3, -0.25) is 9.59 Å². The zero-order valence-electron chi connectivity index (χ0n) is 12.7. The molecule has 1 unspecified atom stereocenters. The van der Waals surface area contributed by atoms with Crippen LogP contribution in [0.3, 0.4) is 0 Å². The Bertz CT molecular complexity index is 381. The lowest BCUT2D eigenvalue weighted by atomic mass is 9.98. The quantitative estimate of drug-likeness (QED) is 0.789. The number of hydrogen-bond acceptors (Lipinski definition) is 3. The Balaban J connectivity index is 0.00000220. The van der Waals surface area contributed by atoms with Crippen LogP contribution in [0.4, 0.5) is 0 Å². The predicted molar refractivity (Wildman–Crippen MR) is 85.4 cm³/mol. The average Bonchev–Trinajstić information content (AvgIpc) is 2.44. The molecule has 2 aliphatic rings. The molecule has 0 aliphatic carbocycles. The maximum atomic E-state index is 12.3. The molecule has 2 aliphatic heterocycles. The number of carbonyl (C=O) groups excluding carboxylic acids is 2. The first-order chi connectivity index (χ1) is 9.61. The lowest BCUT2D eigenvalue weighted by molar-refractivity contribution is -0.141. The largest absolute Gasteiger partial charge is 0.343 e. The molecule has 6 heteroatoms. The third-order valence-corrected chi connectivity index (χ3v) is 4.25. The van der Waals surface area contributed by atoms with Crippen molar-refractivity contribution in [2.75, 3.05) is 32.7 Å². The number of amides is 2. The van der Waals surface area contributed by atoms with E-state index in [0.717, 1.165) is 32.5 Å². The number of nitrogens with one attached hydrogen (secondary N) is 1. The van der Waals surface area contributed by atoms with Gasteiger partial charge in [0.2, 0.25) is 11.8 Å². The van der Waals surface area contributed by atoms with Crippen LogP contribution in [0.5, 0.6) is 0 Å². The standard InChI is InChI=1S/C15H25N3O2.ClH/c1-3-7-18-10-6-16-13(15(18)20)11-14(19)17-8-4-12(2)5-9-17;/h3,12-13,16H,1,4-11H2,2H3;1H. The van der Waals surface area contributed by atoms with Crippen LogP contribution in [-0.2, 0) is 9.59 Å². The van der Waals surface area contributed by atoms with E-state index in [1.54, 1.807) is 11.0 Å². The molecule has 0 saturated carbocycles. The number of piperidine rings is 1. The Morgan fingerprint density at radius 2 is 2.05 bits per heavy atom. The first-order valence-corrected chi connectivity index (χ1v) is 7.52. The predicted octanol–water partition coefficient (Wildman–Crippen LogP) is 1.04. The summed E-state index contributed by atoms with van der Waals surface area (Å²) in [6.45, 7) is 9.55. The van der Waals surface area contributed by atoms with Gasteiger partial charge in [0.15, 0.2) is 0 Å². The zero-order valence-corrected chi connectivity index (χ0v) is 13.5. The summed E-state index contributed by atoms with van der Waals surface area (Å²) in [6.07, 6.45) is 4.15. The molecule has 0 aromatic rings. The minimum atomic E-state index is -0.365. The van der Waals surface area contributed by atoms with Gasteiger partial charge in [-0.15, -0.1) is 19.0 Å². The summed E-state index contributed by atoms with van der Waals surface area (Å²) in [4.78, 5) is 28.2. The van der Waals surface area contributed by atoms with Gasteiger partial charge in [-0.2, -0.15) is 0 Å². The molecule has 0 spiro atoms. The van der Waals surface area contributed by atoms with Crippen molar-refractivity contribution < 1.29 is 9.59 Å². The summed E-state index contributed by atoms with van der Waals surface area (Å²) in [7, 11) is 0. The van der Waals surface area contributed by atoms with E-state index in [1.807, 2.05) is 4.90 Å². The zero-order chi connectivity index (χ0) is 14.5. The first kappa shape index (κ1) is 18.0. The van der Waals surface area contributed by atoms with E-state index in [1.165, 1.54) is 0 Å². The van der Waals surface area contributed by atoms with Crippen molar-refractivity contribution in [3.8, 4) is 0 Å². The van der Waals surface area contributed by atoms with Gasteiger partial charge in [0.1, 0.15) is 0 Å². The number of piperazine rings is 1. The molecule has 0 radical (unpaired) electrons. The molecule has 2 saturated heterocycles. The van der Waals surface area contributed by atoms with E-state index in [2.05, 4.69) is 18.8 Å². The molecule has 2 fully saturated rings. The number of nitrogens with zero attached hydrogens (tertiary/aromatic N) is 2. The SMILES string of the molecule is C=CCN1CCNC(CC(=O)N2CCC(C)CC2)C1=O.Cl. The fraction of sp³-hybridized carbons (Fsp3) is 0.733. The molecular weight excluding hydrogens is 290 g/mol. The van der Waals surface area contributed by atoms with E-state index < -0.39 is 0 Å². The summed E-state index contributed by atoms with van der Waals surface area (Å²) in [6, 6.07) is -0.365. The topological polar surface area (TPSA) is 52.7 Å². The Morgan fingerprint density at radius 1 is 1.38 bits per heavy atom. The fourth-order valence-corrected chi connectivity index (χ4v) is 2.85. The molecule has 21 heavy (non-hydrogen) atoms. The van der Waals surface area contributed by atoms with E-state index in [4.69, 9.17) is 0 Å².